The highest BCUT2D eigenvalue weighted by Crippen LogP contribution is 2.21. The van der Waals surface area contributed by atoms with E-state index in [2.05, 4.69) is 10.5 Å². The molecular weight excluding hydrogens is 259 g/mol. The first-order chi connectivity index (χ1) is 9.50. The highest BCUT2D eigenvalue weighted by Gasteiger charge is 2.12. The first kappa shape index (κ1) is 13.8. The summed E-state index contributed by atoms with van der Waals surface area (Å²) in [7, 11) is 0. The molecule has 0 saturated heterocycles. The largest absolute Gasteiger partial charge is 0.350 e. The van der Waals surface area contributed by atoms with Gasteiger partial charge in [-0.25, -0.2) is 14.6 Å². The molecule has 0 aliphatic rings. The number of carbonyl (C=O) groups excluding carboxylic acids is 1. The second-order valence-electron chi connectivity index (χ2n) is 4.35. The highest BCUT2D eigenvalue weighted by atomic mass is 19.1. The maximum Gasteiger partial charge on any atom is 0.332 e. The van der Waals surface area contributed by atoms with Crippen molar-refractivity contribution in [3.05, 3.63) is 53.1 Å². The molecule has 0 aliphatic carbocycles. The maximum absolute atomic E-state index is 13.9. The molecule has 3 N–H and O–H groups in total. The number of benzene rings is 1. The number of para-hydroxylation sites is 1. The third-order valence-corrected chi connectivity index (χ3v) is 2.94. The molecule has 0 spiro atoms. The van der Waals surface area contributed by atoms with Crippen LogP contribution in [0.2, 0.25) is 0 Å². The number of nitrogens with zero attached hydrogens (tertiary/aromatic N) is 2. The number of hydrogen-bond donors (Lipinski definition) is 2. The van der Waals surface area contributed by atoms with E-state index in [-0.39, 0.29) is 5.82 Å². The maximum atomic E-state index is 13.9. The van der Waals surface area contributed by atoms with E-state index < -0.39 is 6.03 Å². The Morgan fingerprint density at radius 2 is 2.10 bits per heavy atom. The molecule has 2 aromatic rings. The van der Waals surface area contributed by atoms with Crippen LogP contribution in [0.4, 0.5) is 9.18 Å². The van der Waals surface area contributed by atoms with Crippen LogP contribution in [0.15, 0.2) is 35.4 Å². The van der Waals surface area contributed by atoms with Crippen LogP contribution in [0.25, 0.3) is 5.69 Å². The van der Waals surface area contributed by atoms with Gasteiger partial charge in [-0.1, -0.05) is 12.1 Å². The highest BCUT2D eigenvalue weighted by molar-refractivity contribution is 5.83. The number of halogens is 1. The van der Waals surface area contributed by atoms with Crippen molar-refractivity contribution >= 4 is 12.2 Å². The molecule has 0 bridgehead atoms. The molecule has 5 nitrogen and oxygen atoms in total. The molecule has 1 heterocycles. The Morgan fingerprint density at radius 1 is 1.40 bits per heavy atom. The predicted octanol–water partition coefficient (Wildman–Crippen LogP) is 2.24. The summed E-state index contributed by atoms with van der Waals surface area (Å²) in [6.07, 6.45) is 1.48. The first-order valence-corrected chi connectivity index (χ1v) is 6.03. The quantitative estimate of drug-likeness (QED) is 0.654. The van der Waals surface area contributed by atoms with Gasteiger partial charge in [-0.15, -0.1) is 0 Å². The molecule has 0 saturated carbocycles. The Balaban J connectivity index is 2.42. The van der Waals surface area contributed by atoms with E-state index in [9.17, 15) is 9.18 Å². The fourth-order valence-corrected chi connectivity index (χ4v) is 2.09. The smallest absolute Gasteiger partial charge is 0.332 e. The third-order valence-electron chi connectivity index (χ3n) is 2.94. The van der Waals surface area contributed by atoms with Gasteiger partial charge < -0.3 is 10.3 Å². The molecule has 0 radical (unpaired) electrons. The molecule has 104 valence electrons. The van der Waals surface area contributed by atoms with Gasteiger partial charge in [-0.2, -0.15) is 5.10 Å². The summed E-state index contributed by atoms with van der Waals surface area (Å²) in [6.45, 7) is 3.73. The van der Waals surface area contributed by atoms with Crippen molar-refractivity contribution in [1.82, 2.24) is 9.99 Å². The molecule has 2 amide bonds. The SMILES string of the molecule is Cc1cc(C=NNC(N)=O)c(C)n1-c1ccccc1F. The molecule has 6 heteroatoms. The minimum absolute atomic E-state index is 0.298. The molecule has 1 aromatic heterocycles. The van der Waals surface area contributed by atoms with Gasteiger partial charge in [0.25, 0.3) is 0 Å². The van der Waals surface area contributed by atoms with Crippen molar-refractivity contribution in [3.63, 3.8) is 0 Å². The molecule has 1 aromatic carbocycles. The number of rotatable bonds is 3. The van der Waals surface area contributed by atoms with Crippen molar-refractivity contribution in [3.8, 4) is 5.69 Å². The van der Waals surface area contributed by atoms with E-state index >= 15 is 0 Å². The Morgan fingerprint density at radius 3 is 2.75 bits per heavy atom. The lowest BCUT2D eigenvalue weighted by atomic mass is 10.2. The van der Waals surface area contributed by atoms with Crippen molar-refractivity contribution in [1.29, 1.82) is 0 Å². The molecular formula is C14H15FN4O. The lowest BCUT2D eigenvalue weighted by Gasteiger charge is -2.10. The Hall–Kier alpha value is -2.63. The zero-order valence-corrected chi connectivity index (χ0v) is 11.2. The normalized spacial score (nSPS) is 10.9. The van der Waals surface area contributed by atoms with E-state index in [4.69, 9.17) is 5.73 Å². The van der Waals surface area contributed by atoms with Gasteiger partial charge in [0, 0.05) is 17.0 Å². The number of hydrogen-bond acceptors (Lipinski definition) is 2. The number of primary amides is 1. The number of urea groups is 1. The van der Waals surface area contributed by atoms with E-state index in [0.29, 0.717) is 5.69 Å². The number of amides is 2. The van der Waals surface area contributed by atoms with Crippen LogP contribution < -0.4 is 11.2 Å². The topological polar surface area (TPSA) is 72.4 Å². The Labute approximate surface area is 115 Å². The van der Waals surface area contributed by atoms with Crippen LogP contribution in [-0.2, 0) is 0 Å². The average molecular weight is 274 g/mol. The Kier molecular flexibility index (Phi) is 3.84. The van der Waals surface area contributed by atoms with Crippen LogP contribution in [0, 0.1) is 19.7 Å². The van der Waals surface area contributed by atoms with Crippen LogP contribution >= 0.6 is 0 Å². The fraction of sp³-hybridized carbons (Fsp3) is 0.143. The monoisotopic (exact) mass is 274 g/mol. The van der Waals surface area contributed by atoms with Crippen LogP contribution in [0.5, 0.6) is 0 Å². The van der Waals surface area contributed by atoms with Gasteiger partial charge in [-0.3, -0.25) is 0 Å². The number of aryl methyl sites for hydroxylation is 1. The Bertz CT molecular complexity index is 676. The van der Waals surface area contributed by atoms with Gasteiger partial charge in [0.1, 0.15) is 5.82 Å². The fourth-order valence-electron chi connectivity index (χ4n) is 2.09. The van der Waals surface area contributed by atoms with Crippen molar-refractivity contribution in [2.75, 3.05) is 0 Å². The van der Waals surface area contributed by atoms with E-state index in [1.165, 1.54) is 12.3 Å². The third kappa shape index (κ3) is 2.69. The summed E-state index contributed by atoms with van der Waals surface area (Å²) in [4.78, 5) is 10.6. The van der Waals surface area contributed by atoms with Gasteiger partial charge in [-0.05, 0) is 32.0 Å². The second kappa shape index (κ2) is 5.56. The summed E-state index contributed by atoms with van der Waals surface area (Å²) in [5.41, 5.74) is 9.99. The number of nitrogens with one attached hydrogen (secondary N) is 1. The number of hydrazone groups is 1. The summed E-state index contributed by atoms with van der Waals surface area (Å²) in [6, 6.07) is 7.66. The minimum atomic E-state index is -0.732. The van der Waals surface area contributed by atoms with Crippen LogP contribution in [0.1, 0.15) is 17.0 Å². The van der Waals surface area contributed by atoms with Crippen molar-refractivity contribution in [2.24, 2.45) is 10.8 Å². The van der Waals surface area contributed by atoms with Crippen molar-refractivity contribution < 1.29 is 9.18 Å². The summed E-state index contributed by atoms with van der Waals surface area (Å²) in [5, 5.41) is 3.72. The lowest BCUT2D eigenvalue weighted by Crippen LogP contribution is -2.24. The zero-order valence-electron chi connectivity index (χ0n) is 11.2. The summed E-state index contributed by atoms with van der Waals surface area (Å²) in [5.74, 6) is -0.298. The summed E-state index contributed by atoms with van der Waals surface area (Å²) < 4.78 is 15.7. The standard InChI is InChI=1S/C14H15FN4O/c1-9-7-11(8-17-18-14(16)20)10(2)19(9)13-6-4-3-5-12(13)15/h3-8H,1-2H3,(H3,16,18,20). The minimum Gasteiger partial charge on any atom is -0.350 e. The number of aromatic nitrogens is 1. The molecule has 0 atom stereocenters. The average Bonchev–Trinajstić information content (AvgIpc) is 2.65. The second-order valence-corrected chi connectivity index (χ2v) is 4.35. The van der Waals surface area contributed by atoms with Gasteiger partial charge in [0.2, 0.25) is 0 Å². The molecule has 2 rings (SSSR count). The molecule has 0 aliphatic heterocycles. The van der Waals surface area contributed by atoms with Gasteiger partial charge in [0.15, 0.2) is 0 Å². The zero-order chi connectivity index (χ0) is 14.7. The van der Waals surface area contributed by atoms with Crippen molar-refractivity contribution in [2.45, 2.75) is 13.8 Å². The number of nitrogens with two attached hydrogens (primary N) is 1. The number of carbonyl (C=O) groups is 1. The van der Waals surface area contributed by atoms with Crippen LogP contribution in [0.3, 0.4) is 0 Å². The van der Waals surface area contributed by atoms with Gasteiger partial charge >= 0.3 is 6.03 Å². The molecule has 0 unspecified atom stereocenters. The summed E-state index contributed by atoms with van der Waals surface area (Å²) >= 11 is 0. The van der Waals surface area contributed by atoms with E-state index in [0.717, 1.165) is 17.0 Å². The molecule has 0 fully saturated rings. The van der Waals surface area contributed by atoms with Crippen LogP contribution in [-0.4, -0.2) is 16.8 Å². The predicted molar refractivity (Wildman–Crippen MR) is 75.5 cm³/mol. The van der Waals surface area contributed by atoms with Gasteiger partial charge in [0.05, 0.1) is 11.9 Å². The van der Waals surface area contributed by atoms with E-state index in [1.807, 2.05) is 19.9 Å². The van der Waals surface area contributed by atoms with E-state index in [1.54, 1.807) is 22.8 Å². The lowest BCUT2D eigenvalue weighted by molar-refractivity contribution is 0.249. The first-order valence-electron chi connectivity index (χ1n) is 6.03. The molecule has 20 heavy (non-hydrogen) atoms.